The molecule has 1 aromatic carbocycles. The number of hydrogen-bond donors (Lipinski definition) is 1. The van der Waals surface area contributed by atoms with Gasteiger partial charge in [0.25, 0.3) is 0 Å². The maximum absolute atomic E-state index is 13.2. The van der Waals surface area contributed by atoms with Gasteiger partial charge in [-0.1, -0.05) is 36.9 Å². The molecule has 1 saturated heterocycles. The number of rotatable bonds is 3. The summed E-state index contributed by atoms with van der Waals surface area (Å²) in [6.45, 7) is 4.07. The summed E-state index contributed by atoms with van der Waals surface area (Å²) in [5.41, 5.74) is 1.10. The molecule has 4 heteroatoms. The molecule has 2 nitrogen and oxygen atoms in total. The van der Waals surface area contributed by atoms with Crippen molar-refractivity contribution in [3.8, 4) is 0 Å². The van der Waals surface area contributed by atoms with Crippen LogP contribution in [0.2, 0.25) is 5.02 Å². The first kappa shape index (κ1) is 15.3. The van der Waals surface area contributed by atoms with Crippen molar-refractivity contribution >= 4 is 11.6 Å². The normalized spacial score (nSPS) is 25.1. The summed E-state index contributed by atoms with van der Waals surface area (Å²) < 4.78 is 13.2. The lowest BCUT2D eigenvalue weighted by Crippen LogP contribution is -2.53. The Bertz CT molecular complexity index is 474. The second-order valence-electron chi connectivity index (χ2n) is 6.44. The summed E-state index contributed by atoms with van der Waals surface area (Å²) in [5.74, 6) is 0.499. The predicted octanol–water partition coefficient (Wildman–Crippen LogP) is 3.83. The van der Waals surface area contributed by atoms with Gasteiger partial charge in [0.05, 0.1) is 5.02 Å². The van der Waals surface area contributed by atoms with Gasteiger partial charge < -0.3 is 5.32 Å². The summed E-state index contributed by atoms with van der Waals surface area (Å²) in [4.78, 5) is 2.47. The molecule has 0 aromatic heterocycles. The van der Waals surface area contributed by atoms with Gasteiger partial charge in [-0.3, -0.25) is 4.90 Å². The Morgan fingerprint density at radius 2 is 2.05 bits per heavy atom. The summed E-state index contributed by atoms with van der Waals surface area (Å²) in [5, 5.41) is 3.93. The average Bonchev–Trinajstić information content (AvgIpc) is 2.52. The van der Waals surface area contributed by atoms with Crippen molar-refractivity contribution in [2.75, 3.05) is 19.6 Å². The molecule has 116 valence electrons. The van der Waals surface area contributed by atoms with E-state index in [2.05, 4.69) is 10.2 Å². The van der Waals surface area contributed by atoms with Gasteiger partial charge in [0.1, 0.15) is 5.82 Å². The molecule has 0 amide bonds. The second kappa shape index (κ2) is 7.08. The van der Waals surface area contributed by atoms with Crippen LogP contribution in [0.5, 0.6) is 0 Å². The number of halogens is 2. The maximum Gasteiger partial charge on any atom is 0.141 e. The van der Waals surface area contributed by atoms with Crippen LogP contribution in [0.3, 0.4) is 0 Å². The molecule has 1 N–H and O–H groups in total. The molecule has 1 aliphatic carbocycles. The molecule has 1 atom stereocenters. The zero-order valence-corrected chi connectivity index (χ0v) is 13.2. The van der Waals surface area contributed by atoms with Crippen molar-refractivity contribution in [2.24, 2.45) is 5.92 Å². The van der Waals surface area contributed by atoms with Crippen LogP contribution in [0.4, 0.5) is 4.39 Å². The lowest BCUT2D eigenvalue weighted by atomic mass is 9.83. The third-order valence-corrected chi connectivity index (χ3v) is 5.19. The van der Waals surface area contributed by atoms with E-state index in [9.17, 15) is 4.39 Å². The van der Waals surface area contributed by atoms with E-state index in [4.69, 9.17) is 11.6 Å². The van der Waals surface area contributed by atoms with Crippen LogP contribution in [0.25, 0.3) is 0 Å². The standard InChI is InChI=1S/C17H24ClFN2/c18-15-10-13(6-7-16(15)19)11-21-9-8-20-17(12-21)14-4-2-1-3-5-14/h6-7,10,14,17,20H,1-5,8-9,11-12H2. The highest BCUT2D eigenvalue weighted by Crippen LogP contribution is 2.28. The highest BCUT2D eigenvalue weighted by atomic mass is 35.5. The van der Waals surface area contributed by atoms with E-state index in [-0.39, 0.29) is 10.8 Å². The Balaban J connectivity index is 1.59. The fourth-order valence-electron chi connectivity index (χ4n) is 3.73. The van der Waals surface area contributed by atoms with Gasteiger partial charge in [-0.2, -0.15) is 0 Å². The third kappa shape index (κ3) is 3.97. The van der Waals surface area contributed by atoms with Gasteiger partial charge in [-0.05, 0) is 36.5 Å². The lowest BCUT2D eigenvalue weighted by Gasteiger charge is -2.39. The molecule has 0 spiro atoms. The van der Waals surface area contributed by atoms with Crippen LogP contribution in [-0.2, 0) is 6.54 Å². The van der Waals surface area contributed by atoms with Crippen LogP contribution in [-0.4, -0.2) is 30.6 Å². The highest BCUT2D eigenvalue weighted by Gasteiger charge is 2.27. The quantitative estimate of drug-likeness (QED) is 0.912. The highest BCUT2D eigenvalue weighted by molar-refractivity contribution is 6.30. The Kier molecular flexibility index (Phi) is 5.15. The first-order valence-electron chi connectivity index (χ1n) is 8.12. The molecule has 1 saturated carbocycles. The summed E-state index contributed by atoms with van der Waals surface area (Å²) in [7, 11) is 0. The molecular weight excluding hydrogens is 287 g/mol. The molecular formula is C17H24ClFN2. The number of hydrogen-bond acceptors (Lipinski definition) is 2. The van der Waals surface area contributed by atoms with Crippen molar-refractivity contribution in [3.05, 3.63) is 34.6 Å². The Morgan fingerprint density at radius 3 is 2.81 bits per heavy atom. The number of nitrogens with zero attached hydrogens (tertiary/aromatic N) is 1. The number of piperazine rings is 1. The Labute approximate surface area is 131 Å². The number of benzene rings is 1. The minimum absolute atomic E-state index is 0.228. The van der Waals surface area contributed by atoms with E-state index < -0.39 is 0 Å². The average molecular weight is 311 g/mol. The van der Waals surface area contributed by atoms with Crippen LogP contribution in [0, 0.1) is 11.7 Å². The largest absolute Gasteiger partial charge is 0.311 e. The molecule has 1 unspecified atom stereocenters. The first-order valence-corrected chi connectivity index (χ1v) is 8.50. The molecule has 1 aromatic rings. The van der Waals surface area contributed by atoms with Crippen LogP contribution >= 0.6 is 11.6 Å². The molecule has 3 rings (SSSR count). The fraction of sp³-hybridized carbons (Fsp3) is 0.647. The van der Waals surface area contributed by atoms with Gasteiger partial charge in [0.15, 0.2) is 0 Å². The van der Waals surface area contributed by atoms with Gasteiger partial charge in [0.2, 0.25) is 0 Å². The number of nitrogens with one attached hydrogen (secondary N) is 1. The van der Waals surface area contributed by atoms with E-state index in [1.54, 1.807) is 6.07 Å². The topological polar surface area (TPSA) is 15.3 Å². The van der Waals surface area contributed by atoms with Crippen LogP contribution < -0.4 is 5.32 Å². The van der Waals surface area contributed by atoms with E-state index in [0.29, 0.717) is 6.04 Å². The van der Waals surface area contributed by atoms with Gasteiger partial charge in [0, 0.05) is 32.2 Å². The van der Waals surface area contributed by atoms with Crippen LogP contribution in [0.15, 0.2) is 18.2 Å². The predicted molar refractivity (Wildman–Crippen MR) is 85.1 cm³/mol. The van der Waals surface area contributed by atoms with E-state index in [1.165, 1.54) is 38.2 Å². The fourth-order valence-corrected chi connectivity index (χ4v) is 3.94. The minimum atomic E-state index is -0.333. The Hall–Kier alpha value is -0.640. The molecule has 1 heterocycles. The van der Waals surface area contributed by atoms with Crippen molar-refractivity contribution in [2.45, 2.75) is 44.7 Å². The molecule has 0 bridgehead atoms. The van der Waals surface area contributed by atoms with E-state index in [1.807, 2.05) is 6.07 Å². The van der Waals surface area contributed by atoms with Crippen LogP contribution in [0.1, 0.15) is 37.7 Å². The summed E-state index contributed by atoms with van der Waals surface area (Å²) in [6.07, 6.45) is 6.91. The van der Waals surface area contributed by atoms with Gasteiger partial charge >= 0.3 is 0 Å². The van der Waals surface area contributed by atoms with Crippen molar-refractivity contribution in [1.82, 2.24) is 10.2 Å². The summed E-state index contributed by atoms with van der Waals surface area (Å²) in [6, 6.07) is 5.70. The van der Waals surface area contributed by atoms with Crippen molar-refractivity contribution in [3.63, 3.8) is 0 Å². The summed E-state index contributed by atoms with van der Waals surface area (Å²) >= 11 is 5.88. The monoisotopic (exact) mass is 310 g/mol. The zero-order chi connectivity index (χ0) is 14.7. The molecule has 21 heavy (non-hydrogen) atoms. The molecule has 2 fully saturated rings. The third-order valence-electron chi connectivity index (χ3n) is 4.90. The minimum Gasteiger partial charge on any atom is -0.311 e. The van der Waals surface area contributed by atoms with Gasteiger partial charge in [-0.25, -0.2) is 4.39 Å². The smallest absolute Gasteiger partial charge is 0.141 e. The Morgan fingerprint density at radius 1 is 1.24 bits per heavy atom. The first-order chi connectivity index (χ1) is 10.2. The molecule has 0 radical (unpaired) electrons. The van der Waals surface area contributed by atoms with Gasteiger partial charge in [-0.15, -0.1) is 0 Å². The zero-order valence-electron chi connectivity index (χ0n) is 12.5. The maximum atomic E-state index is 13.2. The van der Waals surface area contributed by atoms with E-state index in [0.717, 1.165) is 37.7 Å². The molecule has 1 aliphatic heterocycles. The van der Waals surface area contributed by atoms with Crippen molar-refractivity contribution < 1.29 is 4.39 Å². The van der Waals surface area contributed by atoms with Crippen molar-refractivity contribution in [1.29, 1.82) is 0 Å². The lowest BCUT2D eigenvalue weighted by molar-refractivity contribution is 0.141. The van der Waals surface area contributed by atoms with E-state index >= 15 is 0 Å². The SMILES string of the molecule is Fc1ccc(CN2CCNC(C3CCCCC3)C2)cc1Cl. The second-order valence-corrected chi connectivity index (χ2v) is 6.85. The molecule has 2 aliphatic rings.